The van der Waals surface area contributed by atoms with E-state index in [2.05, 4.69) is 16.0 Å². The number of nitrogens with one attached hydrogen (secondary N) is 3. The fourth-order valence-electron chi connectivity index (χ4n) is 1.49. The number of rotatable bonds is 3. The van der Waals surface area contributed by atoms with Gasteiger partial charge in [0.2, 0.25) is 11.8 Å². The average Bonchev–Trinajstić information content (AvgIpc) is 2.25. The predicted octanol–water partition coefficient (Wildman–Crippen LogP) is -0.572. The van der Waals surface area contributed by atoms with E-state index in [4.69, 9.17) is 4.74 Å². The Balaban J connectivity index is 0.00000289. The van der Waals surface area contributed by atoms with Crippen LogP contribution in [0.3, 0.4) is 0 Å². The van der Waals surface area contributed by atoms with Gasteiger partial charge in [0.15, 0.2) is 0 Å². The first-order valence-corrected chi connectivity index (χ1v) is 5.78. The van der Waals surface area contributed by atoms with Crippen molar-refractivity contribution in [2.45, 2.75) is 32.4 Å². The van der Waals surface area contributed by atoms with Crippen LogP contribution in [0.15, 0.2) is 0 Å². The zero-order valence-corrected chi connectivity index (χ0v) is 11.9. The summed E-state index contributed by atoms with van der Waals surface area (Å²) in [5.74, 6) is -0.392. The Hall–Kier alpha value is -0.850. The van der Waals surface area contributed by atoms with Gasteiger partial charge in [-0.2, -0.15) is 0 Å². The molecule has 0 aromatic rings. The first-order chi connectivity index (χ1) is 7.88. The Labute approximate surface area is 114 Å². The average molecular weight is 280 g/mol. The van der Waals surface area contributed by atoms with Crippen LogP contribution in [-0.2, 0) is 14.3 Å². The lowest BCUT2D eigenvalue weighted by Crippen LogP contribution is -2.53. The Bertz CT molecular complexity index is 286. The molecule has 1 fully saturated rings. The van der Waals surface area contributed by atoms with E-state index in [-0.39, 0.29) is 42.3 Å². The third-order valence-corrected chi connectivity index (χ3v) is 2.18. The molecule has 1 saturated heterocycles. The van der Waals surface area contributed by atoms with Crippen molar-refractivity contribution in [2.75, 3.05) is 26.3 Å². The molecule has 0 saturated carbocycles. The van der Waals surface area contributed by atoms with E-state index in [1.807, 2.05) is 20.8 Å². The third kappa shape index (κ3) is 6.78. The highest BCUT2D eigenvalue weighted by Gasteiger charge is 2.22. The van der Waals surface area contributed by atoms with E-state index in [0.29, 0.717) is 19.8 Å². The minimum atomic E-state index is -0.355. The molecule has 6 nitrogen and oxygen atoms in total. The molecule has 1 unspecified atom stereocenters. The molecular weight excluding hydrogens is 258 g/mol. The van der Waals surface area contributed by atoms with Gasteiger partial charge in [-0.15, -0.1) is 12.4 Å². The van der Waals surface area contributed by atoms with Gasteiger partial charge < -0.3 is 20.7 Å². The van der Waals surface area contributed by atoms with Crippen LogP contribution in [0.4, 0.5) is 0 Å². The minimum Gasteiger partial charge on any atom is -0.378 e. The zero-order chi connectivity index (χ0) is 12.9. The fourth-order valence-corrected chi connectivity index (χ4v) is 1.49. The number of carbonyl (C=O) groups is 2. The van der Waals surface area contributed by atoms with Gasteiger partial charge in [0.05, 0.1) is 19.8 Å². The predicted molar refractivity (Wildman–Crippen MR) is 70.8 cm³/mol. The number of morpholine rings is 1. The zero-order valence-electron chi connectivity index (χ0n) is 11.0. The van der Waals surface area contributed by atoms with Gasteiger partial charge in [-0.3, -0.25) is 9.59 Å². The monoisotopic (exact) mass is 279 g/mol. The molecule has 1 atom stereocenters. The number of hydrogen-bond donors (Lipinski definition) is 3. The van der Waals surface area contributed by atoms with Gasteiger partial charge in [0.25, 0.3) is 0 Å². The maximum absolute atomic E-state index is 11.6. The lowest BCUT2D eigenvalue weighted by molar-refractivity contribution is -0.129. The highest BCUT2D eigenvalue weighted by molar-refractivity contribution is 5.87. The molecule has 106 valence electrons. The van der Waals surface area contributed by atoms with E-state index in [1.54, 1.807) is 0 Å². The van der Waals surface area contributed by atoms with Crippen LogP contribution in [0.1, 0.15) is 20.8 Å². The van der Waals surface area contributed by atoms with E-state index < -0.39 is 0 Å². The Morgan fingerprint density at radius 3 is 2.56 bits per heavy atom. The normalized spacial score (nSPS) is 19.6. The third-order valence-electron chi connectivity index (χ3n) is 2.18. The van der Waals surface area contributed by atoms with E-state index >= 15 is 0 Å². The Morgan fingerprint density at radius 1 is 1.39 bits per heavy atom. The Kier molecular flexibility index (Phi) is 7.20. The molecule has 0 bridgehead atoms. The molecule has 0 aromatic heterocycles. The molecule has 3 N–H and O–H groups in total. The summed E-state index contributed by atoms with van der Waals surface area (Å²) in [7, 11) is 0. The highest BCUT2D eigenvalue weighted by Crippen LogP contribution is 1.97. The number of ether oxygens (including phenoxy) is 1. The van der Waals surface area contributed by atoms with Gasteiger partial charge in [-0.1, -0.05) is 0 Å². The standard InChI is InChI=1S/C11H21N3O3.ClH/c1-11(2,3)14-9(15)6-13-10(16)8-7-17-5-4-12-8;/h8,12H,4-7H2,1-3H3,(H,13,16)(H,14,15);1H. The first kappa shape index (κ1) is 17.2. The number of halogens is 1. The molecule has 0 aromatic carbocycles. The summed E-state index contributed by atoms with van der Waals surface area (Å²) in [6.07, 6.45) is 0. The minimum absolute atomic E-state index is 0. The van der Waals surface area contributed by atoms with Crippen molar-refractivity contribution in [1.29, 1.82) is 0 Å². The highest BCUT2D eigenvalue weighted by atomic mass is 35.5. The van der Waals surface area contributed by atoms with Crippen molar-refractivity contribution in [3.63, 3.8) is 0 Å². The lowest BCUT2D eigenvalue weighted by Gasteiger charge is -2.24. The van der Waals surface area contributed by atoms with Crippen LogP contribution >= 0.6 is 12.4 Å². The summed E-state index contributed by atoms with van der Waals surface area (Å²) < 4.78 is 5.17. The fraction of sp³-hybridized carbons (Fsp3) is 0.818. The topological polar surface area (TPSA) is 79.5 Å². The first-order valence-electron chi connectivity index (χ1n) is 5.78. The molecule has 1 rings (SSSR count). The molecule has 1 heterocycles. The largest absolute Gasteiger partial charge is 0.378 e. The number of hydrogen-bond acceptors (Lipinski definition) is 4. The Morgan fingerprint density at radius 2 is 2.06 bits per heavy atom. The quantitative estimate of drug-likeness (QED) is 0.646. The van der Waals surface area contributed by atoms with E-state index in [1.165, 1.54) is 0 Å². The summed E-state index contributed by atoms with van der Waals surface area (Å²) in [6.45, 7) is 7.30. The van der Waals surface area contributed by atoms with Crippen LogP contribution in [0.2, 0.25) is 0 Å². The molecule has 7 heteroatoms. The van der Waals surface area contributed by atoms with Crippen molar-refractivity contribution >= 4 is 24.2 Å². The molecule has 18 heavy (non-hydrogen) atoms. The van der Waals surface area contributed by atoms with Crippen LogP contribution in [0, 0.1) is 0 Å². The van der Waals surface area contributed by atoms with Crippen molar-refractivity contribution < 1.29 is 14.3 Å². The summed E-state index contributed by atoms with van der Waals surface area (Å²) in [4.78, 5) is 23.1. The summed E-state index contributed by atoms with van der Waals surface area (Å²) in [5, 5.41) is 8.38. The molecular formula is C11H22ClN3O3. The molecule has 2 amide bonds. The molecule has 0 aliphatic carbocycles. The second-order valence-corrected chi connectivity index (χ2v) is 5.10. The van der Waals surface area contributed by atoms with Gasteiger partial charge in [-0.05, 0) is 20.8 Å². The van der Waals surface area contributed by atoms with Crippen molar-refractivity contribution in [3.8, 4) is 0 Å². The maximum Gasteiger partial charge on any atom is 0.239 e. The molecule has 1 aliphatic heterocycles. The van der Waals surface area contributed by atoms with Crippen molar-refractivity contribution in [1.82, 2.24) is 16.0 Å². The summed E-state index contributed by atoms with van der Waals surface area (Å²) in [6, 6.07) is -0.355. The van der Waals surface area contributed by atoms with Gasteiger partial charge in [0, 0.05) is 12.1 Å². The smallest absolute Gasteiger partial charge is 0.239 e. The SMILES string of the molecule is CC(C)(C)NC(=O)CNC(=O)C1COCCN1.Cl. The van der Waals surface area contributed by atoms with Gasteiger partial charge in [-0.25, -0.2) is 0 Å². The maximum atomic E-state index is 11.6. The second kappa shape index (κ2) is 7.56. The lowest BCUT2D eigenvalue weighted by atomic mass is 10.1. The molecule has 0 spiro atoms. The van der Waals surface area contributed by atoms with E-state index in [9.17, 15) is 9.59 Å². The van der Waals surface area contributed by atoms with Gasteiger partial charge in [0.1, 0.15) is 6.04 Å². The van der Waals surface area contributed by atoms with E-state index in [0.717, 1.165) is 0 Å². The number of amides is 2. The van der Waals surface area contributed by atoms with Crippen LogP contribution in [0.5, 0.6) is 0 Å². The van der Waals surface area contributed by atoms with Crippen LogP contribution < -0.4 is 16.0 Å². The van der Waals surface area contributed by atoms with Crippen LogP contribution in [0.25, 0.3) is 0 Å². The van der Waals surface area contributed by atoms with Crippen molar-refractivity contribution in [2.24, 2.45) is 0 Å². The van der Waals surface area contributed by atoms with Crippen molar-refractivity contribution in [3.05, 3.63) is 0 Å². The molecule has 0 radical (unpaired) electrons. The molecule has 1 aliphatic rings. The second-order valence-electron chi connectivity index (χ2n) is 5.10. The number of carbonyl (C=O) groups excluding carboxylic acids is 2. The summed E-state index contributed by atoms with van der Waals surface area (Å²) >= 11 is 0. The van der Waals surface area contributed by atoms with Gasteiger partial charge >= 0.3 is 0 Å². The summed E-state index contributed by atoms with van der Waals surface area (Å²) in [5.41, 5.74) is -0.284. The van der Waals surface area contributed by atoms with Crippen LogP contribution in [-0.4, -0.2) is 49.7 Å².